The minimum atomic E-state index is -1.99. The van der Waals surface area contributed by atoms with Crippen LogP contribution in [-0.2, 0) is 14.3 Å². The molecule has 0 aromatic heterocycles. The van der Waals surface area contributed by atoms with E-state index in [0.717, 1.165) is 0 Å². The Morgan fingerprint density at radius 1 is 0.914 bits per heavy atom. The molecule has 35 heavy (non-hydrogen) atoms. The number of benzene rings is 2. The van der Waals surface area contributed by atoms with Gasteiger partial charge in [-0.15, -0.1) is 0 Å². The smallest absolute Gasteiger partial charge is 1.00 e. The Morgan fingerprint density at radius 3 is 1.60 bits per heavy atom. The molecule has 0 saturated heterocycles. The molecule has 0 amide bonds. The van der Waals surface area contributed by atoms with Crippen molar-refractivity contribution in [3.8, 4) is 0 Å². The van der Waals surface area contributed by atoms with Crippen LogP contribution in [0, 0.1) is 20.2 Å². The van der Waals surface area contributed by atoms with Gasteiger partial charge in [-0.05, 0) is 18.5 Å². The Morgan fingerprint density at radius 2 is 1.34 bits per heavy atom. The summed E-state index contributed by atoms with van der Waals surface area (Å²) in [7, 11) is 0. The maximum atomic E-state index is 11.8. The molecule has 1 atom stereocenters. The molecule has 0 spiro atoms. The first kappa shape index (κ1) is 37.5. The van der Waals surface area contributed by atoms with Crippen molar-refractivity contribution in [2.45, 2.75) is 19.9 Å². The Labute approximate surface area is 254 Å². The van der Waals surface area contributed by atoms with Crippen molar-refractivity contribution in [3.63, 3.8) is 0 Å². The molecule has 1 unspecified atom stereocenters. The molecule has 0 N–H and O–H groups in total. The quantitative estimate of drug-likeness (QED) is 0.0628. The molecule has 0 bridgehead atoms. The number of nitrogens with zero attached hydrogens (tertiary/aromatic N) is 2. The van der Waals surface area contributed by atoms with Crippen LogP contribution in [0.15, 0.2) is 60.7 Å². The van der Waals surface area contributed by atoms with Crippen molar-refractivity contribution in [2.75, 3.05) is 13.2 Å². The summed E-state index contributed by atoms with van der Waals surface area (Å²) >= 11 is 5.16. The molecule has 0 aliphatic rings. The van der Waals surface area contributed by atoms with Gasteiger partial charge in [-0.1, -0.05) is 60.7 Å². The average Bonchev–Trinajstić information content (AvgIpc) is 2.75. The molecule has 2 aromatic rings. The van der Waals surface area contributed by atoms with E-state index in [1.54, 1.807) is 42.5 Å². The summed E-state index contributed by atoms with van der Waals surface area (Å²) in [5.74, 6) is -2.41. The Balaban J connectivity index is -0.000000482. The van der Waals surface area contributed by atoms with Gasteiger partial charge in [0.1, 0.15) is 0 Å². The fraction of sp³-hybridized carbons (Fsp3) is 0.238. The van der Waals surface area contributed by atoms with E-state index in [1.165, 1.54) is 26.0 Å². The molecule has 2 rings (SSSR count). The molecule has 14 heteroatoms. The van der Waals surface area contributed by atoms with Crippen molar-refractivity contribution in [1.29, 1.82) is 0 Å². The van der Waals surface area contributed by atoms with Gasteiger partial charge in [0.25, 0.3) is 11.8 Å². The van der Waals surface area contributed by atoms with Gasteiger partial charge in [0.15, 0.2) is 5.78 Å². The molecular formula is C21H21Cl2KN2O9. The molecule has 11 nitrogen and oxygen atoms in total. The topological polar surface area (TPSA) is 164 Å². The predicted molar refractivity (Wildman–Crippen MR) is 117 cm³/mol. The predicted octanol–water partition coefficient (Wildman–Crippen LogP) is -3.00. The molecule has 0 aliphatic carbocycles. The van der Waals surface area contributed by atoms with Gasteiger partial charge in [-0.3, -0.25) is 34.6 Å². The SMILES string of the molecule is CC(=O)C[N+](=O)[O-].CCOC(=O)C(C(=O)c1ccccc1)[N+](=O)[O-].O=C(Cl)c1ccccc1.[Cl-].[K+]. The summed E-state index contributed by atoms with van der Waals surface area (Å²) < 4.78 is 4.51. The first-order chi connectivity index (χ1) is 15.5. The third-order valence-corrected chi connectivity index (χ3v) is 3.60. The van der Waals surface area contributed by atoms with Gasteiger partial charge >= 0.3 is 63.4 Å². The number of Topliss-reactive ketones (excluding diaryl/α,β-unsaturated/α-hetero) is 2. The zero-order valence-electron chi connectivity index (χ0n) is 19.1. The van der Waals surface area contributed by atoms with Crippen LogP contribution in [0.3, 0.4) is 0 Å². The fourth-order valence-corrected chi connectivity index (χ4v) is 2.15. The summed E-state index contributed by atoms with van der Waals surface area (Å²) in [4.78, 5) is 61.8. The van der Waals surface area contributed by atoms with Crippen LogP contribution in [0.5, 0.6) is 0 Å². The summed E-state index contributed by atoms with van der Waals surface area (Å²) in [5, 5.41) is 19.7. The first-order valence-electron chi connectivity index (χ1n) is 9.26. The number of hydrogen-bond acceptors (Lipinski definition) is 9. The van der Waals surface area contributed by atoms with E-state index in [-0.39, 0.29) is 76.0 Å². The molecule has 0 heterocycles. The maximum absolute atomic E-state index is 11.8. The second-order valence-electron chi connectivity index (χ2n) is 6.00. The normalized spacial score (nSPS) is 9.57. The number of nitro groups is 2. The summed E-state index contributed by atoms with van der Waals surface area (Å²) in [6.45, 7) is 2.13. The number of carbonyl (C=O) groups is 4. The number of halogens is 2. The van der Waals surface area contributed by atoms with Crippen molar-refractivity contribution in [3.05, 3.63) is 92.0 Å². The van der Waals surface area contributed by atoms with Crippen molar-refractivity contribution in [2.24, 2.45) is 0 Å². The molecular weight excluding hydrogens is 534 g/mol. The number of ketones is 2. The first-order valence-corrected chi connectivity index (χ1v) is 9.64. The van der Waals surface area contributed by atoms with Gasteiger partial charge < -0.3 is 17.1 Å². The van der Waals surface area contributed by atoms with E-state index >= 15 is 0 Å². The zero-order valence-corrected chi connectivity index (χ0v) is 23.7. The zero-order chi connectivity index (χ0) is 25.4. The van der Waals surface area contributed by atoms with Crippen molar-refractivity contribution in [1.82, 2.24) is 0 Å². The number of ether oxygens (including phenoxy) is 1. The Bertz CT molecular complexity index is 965. The molecule has 0 radical (unpaired) electrons. The van der Waals surface area contributed by atoms with Crippen LogP contribution >= 0.6 is 11.6 Å². The summed E-state index contributed by atoms with van der Waals surface area (Å²) in [6.07, 6.45) is 0. The van der Waals surface area contributed by atoms with Crippen LogP contribution in [0.4, 0.5) is 0 Å². The Hall–Kier alpha value is -2.06. The van der Waals surface area contributed by atoms with E-state index < -0.39 is 45.2 Å². The second-order valence-corrected chi connectivity index (χ2v) is 6.35. The molecule has 184 valence electrons. The van der Waals surface area contributed by atoms with Gasteiger partial charge in [0.2, 0.25) is 5.78 Å². The number of carbonyl (C=O) groups excluding carboxylic acids is 4. The third kappa shape index (κ3) is 17.1. The summed E-state index contributed by atoms with van der Waals surface area (Å²) in [5.41, 5.74) is 0.654. The molecule has 0 aliphatic heterocycles. The Kier molecular flexibility index (Phi) is 22.7. The maximum Gasteiger partial charge on any atom is 1.00 e. The third-order valence-electron chi connectivity index (χ3n) is 3.38. The van der Waals surface area contributed by atoms with Gasteiger partial charge in [-0.2, -0.15) is 0 Å². The van der Waals surface area contributed by atoms with Crippen LogP contribution in [0.2, 0.25) is 0 Å². The number of rotatable bonds is 8. The van der Waals surface area contributed by atoms with E-state index in [2.05, 4.69) is 4.74 Å². The van der Waals surface area contributed by atoms with Crippen LogP contribution in [-0.4, -0.2) is 51.8 Å². The second kappa shape index (κ2) is 21.2. The molecule has 0 fully saturated rings. The number of esters is 1. The van der Waals surface area contributed by atoms with E-state index in [4.69, 9.17) is 11.6 Å². The van der Waals surface area contributed by atoms with Crippen LogP contribution in [0.1, 0.15) is 34.6 Å². The minimum absolute atomic E-state index is 0. The van der Waals surface area contributed by atoms with E-state index in [0.29, 0.717) is 5.56 Å². The molecule has 0 saturated carbocycles. The van der Waals surface area contributed by atoms with Gasteiger partial charge in [0.05, 0.1) is 6.61 Å². The van der Waals surface area contributed by atoms with Crippen molar-refractivity contribution >= 4 is 34.4 Å². The summed E-state index contributed by atoms with van der Waals surface area (Å²) in [6, 6.07) is 14.4. The standard InChI is InChI=1S/C11H11NO5.C7H5ClO.C3H5NO3.ClH.K/c1-2-17-11(14)9(12(15)16)10(13)8-6-4-3-5-7-8;8-7(9)6-4-2-1-3-5-6;1-3(5)2-4(6)7;;/h3-7,9H,2H2,1H3;1-5H;2H2,1H3;1H;/q;;;;+1/p-1. The van der Waals surface area contributed by atoms with Gasteiger partial charge in [0, 0.05) is 27.9 Å². The largest absolute Gasteiger partial charge is 1.00 e. The fourth-order valence-electron chi connectivity index (χ4n) is 2.02. The van der Waals surface area contributed by atoms with Gasteiger partial charge in [-0.25, -0.2) is 4.79 Å². The number of hydrogen-bond donors (Lipinski definition) is 0. The minimum Gasteiger partial charge on any atom is -1.00 e. The van der Waals surface area contributed by atoms with Crippen LogP contribution < -0.4 is 63.8 Å². The average molecular weight is 555 g/mol. The molecule has 2 aromatic carbocycles. The van der Waals surface area contributed by atoms with Crippen LogP contribution in [0.25, 0.3) is 0 Å². The monoisotopic (exact) mass is 554 g/mol. The van der Waals surface area contributed by atoms with Crippen molar-refractivity contribution < 1.29 is 97.6 Å². The van der Waals surface area contributed by atoms with E-state index in [1.807, 2.05) is 6.07 Å². The van der Waals surface area contributed by atoms with E-state index in [9.17, 15) is 39.4 Å².